The van der Waals surface area contributed by atoms with E-state index in [-0.39, 0.29) is 29.3 Å². The molecular weight excluding hydrogens is 382 g/mol. The average Bonchev–Trinajstić information content (AvgIpc) is 3.13. The van der Waals surface area contributed by atoms with Gasteiger partial charge in [0.2, 0.25) is 11.8 Å². The normalized spacial score (nSPS) is 26.0. The Balaban J connectivity index is 1.81. The zero-order valence-corrected chi connectivity index (χ0v) is 18.6. The lowest BCUT2D eigenvalue weighted by atomic mass is 9.67. The third-order valence-electron chi connectivity index (χ3n) is 6.75. The van der Waals surface area contributed by atoms with Crippen molar-refractivity contribution < 1.29 is 19.1 Å². The summed E-state index contributed by atoms with van der Waals surface area (Å²) in [6.45, 7) is 6.27. The molecule has 1 aromatic rings. The Bertz CT molecular complexity index is 765. The predicted molar refractivity (Wildman–Crippen MR) is 116 cm³/mol. The van der Waals surface area contributed by atoms with Gasteiger partial charge in [-0.05, 0) is 56.5 Å². The Hall–Kier alpha value is -2.28. The van der Waals surface area contributed by atoms with Crippen LogP contribution in [-0.2, 0) is 9.59 Å². The number of rotatable bonds is 8. The molecule has 3 atom stereocenters. The molecule has 2 N–H and O–H groups in total. The zero-order chi connectivity index (χ0) is 21.7. The highest BCUT2D eigenvalue weighted by Gasteiger charge is 2.48. The molecule has 2 fully saturated rings. The molecule has 166 valence electrons. The fourth-order valence-electron chi connectivity index (χ4n) is 5.00. The van der Waals surface area contributed by atoms with Crippen LogP contribution in [0.15, 0.2) is 18.2 Å². The number of ether oxygens (including phenoxy) is 2. The van der Waals surface area contributed by atoms with Crippen molar-refractivity contribution >= 4 is 11.8 Å². The van der Waals surface area contributed by atoms with Crippen molar-refractivity contribution in [2.45, 2.75) is 63.5 Å². The lowest BCUT2D eigenvalue weighted by Crippen LogP contribution is -2.54. The van der Waals surface area contributed by atoms with Crippen LogP contribution >= 0.6 is 0 Å². The van der Waals surface area contributed by atoms with Crippen LogP contribution in [-0.4, -0.2) is 62.1 Å². The second-order valence-electron chi connectivity index (χ2n) is 8.37. The Morgan fingerprint density at radius 2 is 1.93 bits per heavy atom. The number of carbonyl (C=O) groups excluding carboxylic acids is 2. The van der Waals surface area contributed by atoms with Crippen LogP contribution in [0.3, 0.4) is 0 Å². The summed E-state index contributed by atoms with van der Waals surface area (Å²) in [5.41, 5.74) is 0.856. The maximum atomic E-state index is 12.6. The maximum absolute atomic E-state index is 12.6. The summed E-state index contributed by atoms with van der Waals surface area (Å²) in [5, 5.41) is 6.51. The number of hydrogen-bond donors (Lipinski definition) is 2. The highest BCUT2D eigenvalue weighted by molar-refractivity contribution is 5.80. The van der Waals surface area contributed by atoms with Gasteiger partial charge in [0.15, 0.2) is 11.5 Å². The van der Waals surface area contributed by atoms with Gasteiger partial charge in [0.1, 0.15) is 0 Å². The molecule has 1 heterocycles. The largest absolute Gasteiger partial charge is 0.493 e. The van der Waals surface area contributed by atoms with E-state index in [1.807, 2.05) is 12.1 Å². The summed E-state index contributed by atoms with van der Waals surface area (Å²) >= 11 is 0. The summed E-state index contributed by atoms with van der Waals surface area (Å²) < 4.78 is 10.9. The summed E-state index contributed by atoms with van der Waals surface area (Å²) in [6, 6.07) is 6.07. The summed E-state index contributed by atoms with van der Waals surface area (Å²) in [4.78, 5) is 26.8. The van der Waals surface area contributed by atoms with Crippen LogP contribution < -0.4 is 20.1 Å². The fourth-order valence-corrected chi connectivity index (χ4v) is 5.00. The molecule has 1 saturated carbocycles. The first-order valence-electron chi connectivity index (χ1n) is 11.0. The molecular formula is C23H35N3O4. The number of amides is 2. The van der Waals surface area contributed by atoms with Crippen molar-refractivity contribution in [3.63, 3.8) is 0 Å². The van der Waals surface area contributed by atoms with Gasteiger partial charge in [-0.3, -0.25) is 14.5 Å². The molecule has 0 unspecified atom stereocenters. The highest BCUT2D eigenvalue weighted by atomic mass is 16.5. The first-order valence-corrected chi connectivity index (χ1v) is 11.0. The predicted octanol–water partition coefficient (Wildman–Crippen LogP) is 2.45. The van der Waals surface area contributed by atoms with Gasteiger partial charge < -0.3 is 20.1 Å². The molecule has 0 bridgehead atoms. The number of nitrogens with one attached hydrogen (secondary N) is 2. The van der Waals surface area contributed by atoms with Crippen LogP contribution in [0.2, 0.25) is 0 Å². The Labute approximate surface area is 179 Å². The molecule has 7 heteroatoms. The summed E-state index contributed by atoms with van der Waals surface area (Å²) in [7, 11) is 3.25. The lowest BCUT2D eigenvalue weighted by molar-refractivity contribution is -0.124. The van der Waals surface area contributed by atoms with Crippen LogP contribution in [0.25, 0.3) is 0 Å². The zero-order valence-electron chi connectivity index (χ0n) is 18.6. The van der Waals surface area contributed by atoms with Crippen LogP contribution in [0.1, 0.15) is 57.4 Å². The Morgan fingerprint density at radius 3 is 2.53 bits per heavy atom. The van der Waals surface area contributed by atoms with Crippen LogP contribution in [0.5, 0.6) is 11.5 Å². The van der Waals surface area contributed by atoms with E-state index in [0.717, 1.165) is 44.3 Å². The number of benzene rings is 1. The van der Waals surface area contributed by atoms with Gasteiger partial charge in [-0.2, -0.15) is 0 Å². The van der Waals surface area contributed by atoms with E-state index >= 15 is 0 Å². The van der Waals surface area contributed by atoms with E-state index in [0.29, 0.717) is 24.5 Å². The van der Waals surface area contributed by atoms with Gasteiger partial charge in [-0.25, -0.2) is 0 Å². The van der Waals surface area contributed by atoms with E-state index in [1.165, 1.54) is 0 Å². The van der Waals surface area contributed by atoms with Crippen LogP contribution in [0, 0.1) is 0 Å². The molecule has 1 aromatic carbocycles. The quantitative estimate of drug-likeness (QED) is 0.679. The van der Waals surface area contributed by atoms with Crippen molar-refractivity contribution in [2.75, 3.05) is 33.9 Å². The molecule has 2 aliphatic rings. The second kappa shape index (κ2) is 9.69. The minimum atomic E-state index is -0.253. The minimum absolute atomic E-state index is 0.0705. The molecule has 2 amide bonds. The highest BCUT2D eigenvalue weighted by Crippen LogP contribution is 2.47. The minimum Gasteiger partial charge on any atom is -0.493 e. The van der Waals surface area contributed by atoms with Gasteiger partial charge in [0, 0.05) is 23.9 Å². The third kappa shape index (κ3) is 4.72. The number of hydrogen-bond acceptors (Lipinski definition) is 5. The number of carbonyl (C=O) groups is 2. The number of likely N-dealkylation sites (N-methyl/N-ethyl adjacent to an activating group) is 1. The smallest absolute Gasteiger partial charge is 0.234 e. The molecule has 7 nitrogen and oxygen atoms in total. The van der Waals surface area contributed by atoms with E-state index in [4.69, 9.17) is 9.47 Å². The lowest BCUT2D eigenvalue weighted by Gasteiger charge is -2.45. The average molecular weight is 418 g/mol. The third-order valence-corrected chi connectivity index (χ3v) is 6.75. The van der Waals surface area contributed by atoms with Gasteiger partial charge in [-0.15, -0.1) is 0 Å². The maximum Gasteiger partial charge on any atom is 0.234 e. The first kappa shape index (κ1) is 22.4. The van der Waals surface area contributed by atoms with Gasteiger partial charge in [0.05, 0.1) is 20.8 Å². The monoisotopic (exact) mass is 417 g/mol. The van der Waals surface area contributed by atoms with Crippen molar-refractivity contribution in [3.8, 4) is 11.5 Å². The standard InChI is InChI=1S/C23H35N3O4/c1-5-26(6-2)15-22(28)24-17-9-11-23(12-10-21(27)25-23)18(14-17)16-7-8-19(29-3)20(13-16)30-4/h7-8,13,17-18H,5-6,9-12,14-15H2,1-4H3,(H,24,28)(H,25,27)/t17-,18+,23-/m0/s1. The first-order chi connectivity index (χ1) is 14.4. The molecule has 0 radical (unpaired) electrons. The SMILES string of the molecule is CCN(CC)CC(=O)N[C@H]1CC[C@]2(CCC(=O)N2)[C@@H](c2ccc(OC)c(OC)c2)C1. The van der Waals surface area contributed by atoms with Gasteiger partial charge in [-0.1, -0.05) is 19.9 Å². The summed E-state index contributed by atoms with van der Waals surface area (Å²) in [6.07, 6.45) is 3.90. The molecule has 30 heavy (non-hydrogen) atoms. The molecule has 3 rings (SSSR count). The molecule has 1 aliphatic carbocycles. The van der Waals surface area contributed by atoms with Crippen molar-refractivity contribution in [3.05, 3.63) is 23.8 Å². The molecule has 1 aliphatic heterocycles. The number of methoxy groups -OCH3 is 2. The fraction of sp³-hybridized carbons (Fsp3) is 0.652. The van der Waals surface area contributed by atoms with E-state index in [2.05, 4.69) is 35.4 Å². The van der Waals surface area contributed by atoms with E-state index < -0.39 is 0 Å². The van der Waals surface area contributed by atoms with Crippen molar-refractivity contribution in [2.24, 2.45) is 0 Å². The van der Waals surface area contributed by atoms with Crippen molar-refractivity contribution in [1.29, 1.82) is 0 Å². The Morgan fingerprint density at radius 1 is 1.20 bits per heavy atom. The van der Waals surface area contributed by atoms with E-state index in [9.17, 15) is 9.59 Å². The Kier molecular flexibility index (Phi) is 7.23. The molecule has 1 spiro atoms. The number of nitrogens with zero attached hydrogens (tertiary/aromatic N) is 1. The molecule has 1 saturated heterocycles. The topological polar surface area (TPSA) is 79.9 Å². The summed E-state index contributed by atoms with van der Waals surface area (Å²) in [5.74, 6) is 1.66. The van der Waals surface area contributed by atoms with Crippen LogP contribution in [0.4, 0.5) is 0 Å². The molecule has 0 aromatic heterocycles. The van der Waals surface area contributed by atoms with E-state index in [1.54, 1.807) is 14.2 Å². The van der Waals surface area contributed by atoms with Gasteiger partial charge >= 0.3 is 0 Å². The second-order valence-corrected chi connectivity index (χ2v) is 8.37. The van der Waals surface area contributed by atoms with Crippen molar-refractivity contribution in [1.82, 2.24) is 15.5 Å². The van der Waals surface area contributed by atoms with Gasteiger partial charge in [0.25, 0.3) is 0 Å².